The Balaban J connectivity index is 1.45. The van der Waals surface area contributed by atoms with E-state index in [9.17, 15) is 24.0 Å². The third-order valence-corrected chi connectivity index (χ3v) is 5.69. The average Bonchev–Trinajstić information content (AvgIpc) is 2.87. The topological polar surface area (TPSA) is 161 Å². The molecule has 39 heavy (non-hydrogen) atoms. The summed E-state index contributed by atoms with van der Waals surface area (Å²) < 4.78 is 11.1. The third kappa shape index (κ3) is 8.56. The van der Waals surface area contributed by atoms with Gasteiger partial charge in [-0.05, 0) is 57.5 Å². The van der Waals surface area contributed by atoms with Crippen molar-refractivity contribution in [1.82, 2.24) is 15.5 Å². The van der Waals surface area contributed by atoms with Gasteiger partial charge in [0.15, 0.2) is 0 Å². The Kier molecular flexibility index (Phi) is 9.64. The highest BCUT2D eigenvalue weighted by Gasteiger charge is 2.23. The number of para-hydroxylation sites is 1. The smallest absolute Gasteiger partial charge is 0.410 e. The highest BCUT2D eigenvalue weighted by molar-refractivity contribution is 5.99. The van der Waals surface area contributed by atoms with Crippen LogP contribution in [0, 0.1) is 0 Å². The Bertz CT molecular complexity index is 1420. The van der Waals surface area contributed by atoms with Crippen LogP contribution in [0.5, 0.6) is 0 Å². The van der Waals surface area contributed by atoms with Crippen molar-refractivity contribution in [2.75, 3.05) is 26.2 Å². The zero-order valence-corrected chi connectivity index (χ0v) is 22.4. The van der Waals surface area contributed by atoms with Crippen LogP contribution in [-0.4, -0.2) is 60.5 Å². The lowest BCUT2D eigenvalue weighted by atomic mass is 10.1. The standard InChI is InChI=1S/C28H34N4O7/c1-28(2,3)39-27(37)32(15-11-23(29)33)16-12-24(34)30-13-6-14-31-26(36)18-9-10-22-20(17-18)25(35)19-7-4-5-8-21(19)38-22/h4-5,7-10,17H,6,11-16H2,1-3H3,(H2,29,33)(H,30,34)(H,31,36). The van der Waals surface area contributed by atoms with Crippen LogP contribution in [0.1, 0.15) is 50.4 Å². The number of fused-ring (bicyclic) bond motifs is 2. The lowest BCUT2D eigenvalue weighted by molar-refractivity contribution is -0.121. The summed E-state index contributed by atoms with van der Waals surface area (Å²) in [4.78, 5) is 62.4. The lowest BCUT2D eigenvalue weighted by Crippen LogP contribution is -2.40. The number of nitrogens with one attached hydrogen (secondary N) is 2. The summed E-state index contributed by atoms with van der Waals surface area (Å²) in [6.07, 6.45) is -0.188. The molecule has 4 amide bonds. The molecule has 0 fully saturated rings. The Labute approximate surface area is 225 Å². The fraction of sp³-hybridized carbons (Fsp3) is 0.393. The summed E-state index contributed by atoms with van der Waals surface area (Å²) >= 11 is 0. The fourth-order valence-corrected chi connectivity index (χ4v) is 3.76. The maximum Gasteiger partial charge on any atom is 0.410 e. The van der Waals surface area contributed by atoms with E-state index in [0.29, 0.717) is 47.0 Å². The Morgan fingerprint density at radius 1 is 0.923 bits per heavy atom. The number of ether oxygens (including phenoxy) is 1. The minimum absolute atomic E-state index is 0.0126. The lowest BCUT2D eigenvalue weighted by Gasteiger charge is -2.27. The number of carbonyl (C=O) groups excluding carboxylic acids is 4. The van der Waals surface area contributed by atoms with Crippen molar-refractivity contribution in [3.8, 4) is 0 Å². The average molecular weight is 539 g/mol. The van der Waals surface area contributed by atoms with Gasteiger partial charge in [0, 0.05) is 44.6 Å². The van der Waals surface area contributed by atoms with Crippen molar-refractivity contribution in [1.29, 1.82) is 0 Å². The van der Waals surface area contributed by atoms with Crippen LogP contribution in [0.3, 0.4) is 0 Å². The largest absolute Gasteiger partial charge is 0.456 e. The van der Waals surface area contributed by atoms with E-state index in [4.69, 9.17) is 14.9 Å². The molecule has 3 aromatic rings. The van der Waals surface area contributed by atoms with Crippen LogP contribution in [0.15, 0.2) is 51.7 Å². The van der Waals surface area contributed by atoms with Crippen molar-refractivity contribution < 1.29 is 28.3 Å². The first kappa shape index (κ1) is 29.2. The van der Waals surface area contributed by atoms with Gasteiger partial charge in [-0.25, -0.2) is 4.79 Å². The highest BCUT2D eigenvalue weighted by atomic mass is 16.6. The molecule has 11 nitrogen and oxygen atoms in total. The number of benzene rings is 2. The van der Waals surface area contributed by atoms with E-state index in [0.717, 1.165) is 0 Å². The molecule has 0 atom stereocenters. The second-order valence-corrected chi connectivity index (χ2v) is 10.0. The molecule has 0 saturated carbocycles. The molecule has 2 aromatic carbocycles. The molecule has 11 heteroatoms. The summed E-state index contributed by atoms with van der Waals surface area (Å²) in [6.45, 7) is 5.89. The molecule has 0 aliphatic rings. The number of hydrogen-bond acceptors (Lipinski definition) is 7. The molecule has 1 aromatic heterocycles. The Morgan fingerprint density at radius 3 is 2.31 bits per heavy atom. The quantitative estimate of drug-likeness (QED) is 0.250. The Hall–Kier alpha value is -4.41. The predicted octanol–water partition coefficient (Wildman–Crippen LogP) is 2.68. The molecule has 0 aliphatic carbocycles. The van der Waals surface area contributed by atoms with Gasteiger partial charge in [-0.2, -0.15) is 0 Å². The number of primary amides is 1. The van der Waals surface area contributed by atoms with Crippen LogP contribution in [-0.2, 0) is 14.3 Å². The zero-order valence-electron chi connectivity index (χ0n) is 22.4. The Morgan fingerprint density at radius 2 is 1.59 bits per heavy atom. The fourth-order valence-electron chi connectivity index (χ4n) is 3.76. The molecule has 0 saturated heterocycles. The van der Waals surface area contributed by atoms with Crippen LogP contribution in [0.25, 0.3) is 21.9 Å². The molecule has 3 rings (SSSR count). The van der Waals surface area contributed by atoms with Gasteiger partial charge in [0.25, 0.3) is 5.91 Å². The van der Waals surface area contributed by atoms with Crippen LogP contribution in [0.4, 0.5) is 4.79 Å². The van der Waals surface area contributed by atoms with E-state index < -0.39 is 17.6 Å². The van der Waals surface area contributed by atoms with E-state index in [1.54, 1.807) is 57.2 Å². The normalized spacial score (nSPS) is 11.3. The highest BCUT2D eigenvalue weighted by Crippen LogP contribution is 2.19. The van der Waals surface area contributed by atoms with Gasteiger partial charge in [0.2, 0.25) is 17.2 Å². The summed E-state index contributed by atoms with van der Waals surface area (Å²) in [5.74, 6) is -1.20. The second kappa shape index (κ2) is 12.9. The van der Waals surface area contributed by atoms with Gasteiger partial charge in [0.1, 0.15) is 16.8 Å². The van der Waals surface area contributed by atoms with Gasteiger partial charge in [0.05, 0.1) is 10.8 Å². The van der Waals surface area contributed by atoms with Crippen molar-refractivity contribution in [3.63, 3.8) is 0 Å². The van der Waals surface area contributed by atoms with E-state index >= 15 is 0 Å². The molecule has 0 bridgehead atoms. The van der Waals surface area contributed by atoms with E-state index in [1.165, 1.54) is 11.0 Å². The van der Waals surface area contributed by atoms with Crippen LogP contribution >= 0.6 is 0 Å². The van der Waals surface area contributed by atoms with Gasteiger partial charge in [-0.1, -0.05) is 12.1 Å². The number of carbonyl (C=O) groups is 4. The molecule has 0 spiro atoms. The molecule has 0 aliphatic heterocycles. The van der Waals surface area contributed by atoms with Crippen molar-refractivity contribution >= 4 is 45.8 Å². The molecule has 4 N–H and O–H groups in total. The predicted molar refractivity (Wildman–Crippen MR) is 146 cm³/mol. The molecular weight excluding hydrogens is 504 g/mol. The summed E-state index contributed by atoms with van der Waals surface area (Å²) in [7, 11) is 0. The summed E-state index contributed by atoms with van der Waals surface area (Å²) in [5.41, 5.74) is 5.47. The van der Waals surface area contributed by atoms with Gasteiger partial charge in [-0.15, -0.1) is 0 Å². The van der Waals surface area contributed by atoms with Gasteiger partial charge < -0.3 is 30.4 Å². The molecule has 1 heterocycles. The minimum Gasteiger partial charge on any atom is -0.456 e. The maximum atomic E-state index is 12.8. The minimum atomic E-state index is -0.720. The van der Waals surface area contributed by atoms with Crippen LogP contribution in [0.2, 0.25) is 0 Å². The van der Waals surface area contributed by atoms with Gasteiger partial charge in [-0.3, -0.25) is 19.2 Å². The number of rotatable bonds is 11. The number of amides is 4. The molecule has 0 radical (unpaired) electrons. The zero-order chi connectivity index (χ0) is 28.6. The number of nitrogens with two attached hydrogens (primary N) is 1. The first-order chi connectivity index (χ1) is 18.4. The number of nitrogens with zero attached hydrogens (tertiary/aromatic N) is 1. The van der Waals surface area contributed by atoms with Crippen molar-refractivity contribution in [2.45, 2.75) is 45.6 Å². The molecule has 208 valence electrons. The monoisotopic (exact) mass is 538 g/mol. The maximum absolute atomic E-state index is 12.8. The summed E-state index contributed by atoms with van der Waals surface area (Å²) in [6, 6.07) is 11.6. The van der Waals surface area contributed by atoms with E-state index in [-0.39, 0.29) is 43.2 Å². The first-order valence-corrected chi connectivity index (χ1v) is 12.7. The van der Waals surface area contributed by atoms with Gasteiger partial charge >= 0.3 is 6.09 Å². The number of hydrogen-bond donors (Lipinski definition) is 3. The second-order valence-electron chi connectivity index (χ2n) is 10.0. The third-order valence-electron chi connectivity index (χ3n) is 5.69. The molecular formula is C28H34N4O7. The van der Waals surface area contributed by atoms with E-state index in [2.05, 4.69) is 10.6 Å². The molecule has 0 unspecified atom stereocenters. The SMILES string of the molecule is CC(C)(C)OC(=O)N(CCC(N)=O)CCC(=O)NCCCNC(=O)c1ccc2oc3ccccc3c(=O)c2c1. The van der Waals surface area contributed by atoms with Crippen molar-refractivity contribution in [2.24, 2.45) is 5.73 Å². The van der Waals surface area contributed by atoms with E-state index in [1.807, 2.05) is 0 Å². The van der Waals surface area contributed by atoms with Crippen LogP contribution < -0.4 is 21.8 Å². The summed E-state index contributed by atoms with van der Waals surface area (Å²) in [5, 5.41) is 6.28. The first-order valence-electron chi connectivity index (χ1n) is 12.7. The van der Waals surface area contributed by atoms with Crippen molar-refractivity contribution in [3.05, 3.63) is 58.3 Å².